The van der Waals surface area contributed by atoms with Gasteiger partial charge in [-0.05, 0) is 56.1 Å². The van der Waals surface area contributed by atoms with E-state index in [4.69, 9.17) is 4.74 Å². The van der Waals surface area contributed by atoms with Gasteiger partial charge >= 0.3 is 0 Å². The molecule has 0 aliphatic carbocycles. The molecule has 0 radical (unpaired) electrons. The second-order valence-corrected chi connectivity index (χ2v) is 17.1. The van der Waals surface area contributed by atoms with Crippen LogP contribution in [0.3, 0.4) is 0 Å². The van der Waals surface area contributed by atoms with Gasteiger partial charge in [0.05, 0.1) is 24.0 Å². The van der Waals surface area contributed by atoms with Crippen LogP contribution in [0.2, 0.25) is 18.6 Å². The van der Waals surface area contributed by atoms with Crippen LogP contribution in [0.15, 0.2) is 54.7 Å². The molecule has 2 amide bonds. The number of fused-ring (bicyclic) bond motifs is 2. The molecule has 2 aromatic carbocycles. The number of aliphatic hydroxyl groups is 1. The van der Waals surface area contributed by atoms with Gasteiger partial charge in [0.25, 0.3) is 5.91 Å². The zero-order chi connectivity index (χ0) is 31.8. The molecule has 9 nitrogen and oxygen atoms in total. The van der Waals surface area contributed by atoms with Gasteiger partial charge in [0.15, 0.2) is 5.60 Å². The zero-order valence-electron chi connectivity index (χ0n) is 26.5. The van der Waals surface area contributed by atoms with Gasteiger partial charge in [-0.3, -0.25) is 14.3 Å². The third-order valence-corrected chi connectivity index (χ3v) is 12.3. The summed E-state index contributed by atoms with van der Waals surface area (Å²) < 4.78 is 24.7. The lowest BCUT2D eigenvalue weighted by atomic mass is 9.82. The Hall–Kier alpha value is -3.41. The molecule has 2 fully saturated rings. The van der Waals surface area contributed by atoms with Crippen molar-refractivity contribution in [1.29, 1.82) is 0 Å². The number of rotatable bonds is 9. The average Bonchev–Trinajstić information content (AvgIpc) is 3.65. The molecule has 0 saturated carbocycles. The van der Waals surface area contributed by atoms with E-state index in [9.17, 15) is 14.7 Å². The van der Waals surface area contributed by atoms with Crippen molar-refractivity contribution in [2.75, 3.05) is 23.0 Å². The predicted octanol–water partition coefficient (Wildman–Crippen LogP) is 5.52. The van der Waals surface area contributed by atoms with Gasteiger partial charge < -0.3 is 23.8 Å². The number of aromatic nitrogens is 3. The van der Waals surface area contributed by atoms with E-state index in [-0.39, 0.29) is 24.3 Å². The Labute approximate surface area is 265 Å². The smallest absolute Gasteiger partial charge is 0.264 e. The summed E-state index contributed by atoms with van der Waals surface area (Å²) in [6.45, 7) is 6.93. The van der Waals surface area contributed by atoms with Crippen molar-refractivity contribution in [2.24, 2.45) is 5.92 Å². The molecule has 1 N–H and O–H groups in total. The van der Waals surface area contributed by atoms with E-state index in [2.05, 4.69) is 10.3 Å². The molecular formula is C34H44FN5O4Si. The fourth-order valence-electron chi connectivity index (χ4n) is 7.76. The number of carbonyl (C=O) groups excluding carboxylic acids is 2. The number of aliphatic hydroxyl groups excluding tert-OH is 1. The Balaban J connectivity index is 1.25. The number of amides is 2. The molecule has 3 aromatic rings. The number of nitrogens with zero attached hydrogens (tertiary/aromatic N) is 5. The van der Waals surface area contributed by atoms with Gasteiger partial charge in [-0.2, -0.15) is 0 Å². The Kier molecular flexibility index (Phi) is 8.95. The molecular weight excluding hydrogens is 589 g/mol. The highest BCUT2D eigenvalue weighted by atomic mass is 28.4. The van der Waals surface area contributed by atoms with Crippen LogP contribution in [-0.2, 0) is 39.4 Å². The molecule has 45 heavy (non-hydrogen) atoms. The normalized spacial score (nSPS) is 25.6. The van der Waals surface area contributed by atoms with E-state index in [1.165, 1.54) is 0 Å². The lowest BCUT2D eigenvalue weighted by Gasteiger charge is -2.31. The number of para-hydroxylation sites is 1. The fourth-order valence-corrected chi connectivity index (χ4v) is 10.3. The molecule has 3 aliphatic heterocycles. The molecule has 1 spiro atoms. The highest BCUT2D eigenvalue weighted by molar-refractivity contribution is 6.72. The number of carbonyl (C=O) groups is 2. The third kappa shape index (κ3) is 5.97. The summed E-state index contributed by atoms with van der Waals surface area (Å²) in [5, 5.41) is 17.5. The SMILES string of the molecule is C[C@H]1[C@H]([Si](C)(C)F)[C@@H](CCn2cc(CCO)nn2)O[C@]12C(=O)N(Cc1ccc(N3CCCCCCC3=O)cc1)c1ccccc12. The van der Waals surface area contributed by atoms with Gasteiger partial charge in [0, 0.05) is 61.4 Å². The number of ether oxygens (including phenoxy) is 1. The van der Waals surface area contributed by atoms with Crippen LogP contribution < -0.4 is 9.80 Å². The Bertz CT molecular complexity index is 1530. The summed E-state index contributed by atoms with van der Waals surface area (Å²) in [5.41, 5.74) is 2.45. The van der Waals surface area contributed by atoms with Gasteiger partial charge in [-0.25, -0.2) is 0 Å². The van der Waals surface area contributed by atoms with E-state index in [0.29, 0.717) is 38.0 Å². The molecule has 6 rings (SSSR count). The lowest BCUT2D eigenvalue weighted by Crippen LogP contribution is -2.45. The number of hydrogen-bond donors (Lipinski definition) is 1. The van der Waals surface area contributed by atoms with E-state index in [1.807, 2.05) is 60.4 Å². The number of benzene rings is 2. The minimum absolute atomic E-state index is 0.00549. The van der Waals surface area contributed by atoms with Crippen molar-refractivity contribution in [1.82, 2.24) is 15.0 Å². The minimum Gasteiger partial charge on any atom is -0.396 e. The van der Waals surface area contributed by atoms with Crippen LogP contribution in [0.1, 0.15) is 62.3 Å². The molecule has 4 atom stereocenters. The first-order valence-electron chi connectivity index (χ1n) is 16.3. The van der Waals surface area contributed by atoms with Crippen molar-refractivity contribution in [3.8, 4) is 0 Å². The maximum atomic E-state index is 16.1. The highest BCUT2D eigenvalue weighted by Gasteiger charge is 2.66. The summed E-state index contributed by atoms with van der Waals surface area (Å²) >= 11 is 0. The summed E-state index contributed by atoms with van der Waals surface area (Å²) in [7, 11) is -3.28. The largest absolute Gasteiger partial charge is 0.396 e. The Morgan fingerprint density at radius 1 is 1.07 bits per heavy atom. The maximum Gasteiger partial charge on any atom is 0.264 e. The Morgan fingerprint density at radius 2 is 1.82 bits per heavy atom. The first kappa shape index (κ1) is 31.6. The second kappa shape index (κ2) is 12.8. The van der Waals surface area contributed by atoms with Crippen LogP contribution in [0, 0.1) is 5.92 Å². The summed E-state index contributed by atoms with van der Waals surface area (Å²) in [6, 6.07) is 15.7. The first-order chi connectivity index (χ1) is 21.6. The van der Waals surface area contributed by atoms with Crippen LogP contribution in [0.25, 0.3) is 0 Å². The summed E-state index contributed by atoms with van der Waals surface area (Å²) in [6.07, 6.45) is 6.99. The second-order valence-electron chi connectivity index (χ2n) is 13.3. The summed E-state index contributed by atoms with van der Waals surface area (Å²) in [4.78, 5) is 31.0. The quantitative estimate of drug-likeness (QED) is 0.246. The van der Waals surface area contributed by atoms with Crippen LogP contribution in [-0.4, -0.2) is 59.6 Å². The van der Waals surface area contributed by atoms with Crippen molar-refractivity contribution in [2.45, 2.75) is 95.3 Å². The van der Waals surface area contributed by atoms with Crippen molar-refractivity contribution >= 4 is 31.6 Å². The van der Waals surface area contributed by atoms with Gasteiger partial charge in [0.1, 0.15) is 0 Å². The molecule has 0 bridgehead atoms. The van der Waals surface area contributed by atoms with Crippen molar-refractivity contribution < 1.29 is 23.5 Å². The molecule has 1 aromatic heterocycles. The van der Waals surface area contributed by atoms with E-state index in [1.54, 1.807) is 28.9 Å². The van der Waals surface area contributed by atoms with Crippen molar-refractivity contribution in [3.63, 3.8) is 0 Å². The van der Waals surface area contributed by atoms with E-state index >= 15 is 4.11 Å². The first-order valence-corrected chi connectivity index (χ1v) is 19.3. The zero-order valence-corrected chi connectivity index (χ0v) is 27.5. The Morgan fingerprint density at radius 3 is 2.58 bits per heavy atom. The molecule has 240 valence electrons. The molecule has 2 saturated heterocycles. The van der Waals surface area contributed by atoms with Gasteiger partial charge in [-0.1, -0.05) is 55.3 Å². The predicted molar refractivity (Wildman–Crippen MR) is 173 cm³/mol. The molecule has 4 heterocycles. The monoisotopic (exact) mass is 633 g/mol. The third-order valence-electron chi connectivity index (χ3n) is 9.88. The standard InChI is InChI=1S/C34H44FN5O4Si/c1-24-32(45(2,3)35)30(17-20-38-23-26(18-21-41)36-37-38)44-34(24)28-10-7-8-11-29(28)40(33(34)43)22-25-13-15-27(16-14-25)39-19-9-5-4-6-12-31(39)42/h7-8,10-11,13-16,23-24,30,32,41H,4-6,9,12,17-22H2,1-3H3/t24-,30+,32-,34+/m0/s1. The molecule has 11 heteroatoms. The van der Waals surface area contributed by atoms with Crippen LogP contribution in [0.4, 0.5) is 15.5 Å². The van der Waals surface area contributed by atoms with Crippen LogP contribution in [0.5, 0.6) is 0 Å². The number of hydrogen-bond acceptors (Lipinski definition) is 6. The fraction of sp³-hybridized carbons (Fsp3) is 0.529. The minimum atomic E-state index is -3.28. The number of anilines is 2. The van der Waals surface area contributed by atoms with Gasteiger partial charge in [0.2, 0.25) is 14.3 Å². The van der Waals surface area contributed by atoms with Crippen molar-refractivity contribution in [3.05, 3.63) is 71.5 Å². The highest BCUT2D eigenvalue weighted by Crippen LogP contribution is 2.60. The molecule has 3 aliphatic rings. The van der Waals surface area contributed by atoms with Crippen LogP contribution >= 0.6 is 0 Å². The maximum absolute atomic E-state index is 16.1. The lowest BCUT2D eigenvalue weighted by molar-refractivity contribution is -0.146. The number of halogens is 1. The van der Waals surface area contributed by atoms with E-state index in [0.717, 1.165) is 54.7 Å². The van der Waals surface area contributed by atoms with Gasteiger partial charge in [-0.15, -0.1) is 5.10 Å². The topological polar surface area (TPSA) is 101 Å². The molecule has 0 unspecified atom stereocenters. The average molecular weight is 634 g/mol. The summed E-state index contributed by atoms with van der Waals surface area (Å²) in [5.74, 6) is -0.358. The van der Waals surface area contributed by atoms with E-state index < -0.39 is 25.7 Å². The number of aryl methyl sites for hydroxylation is 1.